The minimum Gasteiger partial charge on any atom is -0.495 e. The first-order valence-corrected chi connectivity index (χ1v) is 10.2. The number of amides is 1. The lowest BCUT2D eigenvalue weighted by atomic mass is 10.1. The number of nitrogens with zero attached hydrogens (tertiary/aromatic N) is 3. The number of rotatable bonds is 8. The van der Waals surface area contributed by atoms with Crippen molar-refractivity contribution in [2.45, 2.75) is 13.2 Å². The Morgan fingerprint density at radius 3 is 2.82 bits per heavy atom. The number of hydrogen-bond donors (Lipinski definition) is 3. The number of fused-ring (bicyclic) bond motifs is 1. The molecule has 0 aliphatic carbocycles. The Morgan fingerprint density at radius 2 is 2.12 bits per heavy atom. The normalized spacial score (nSPS) is 10.6. The van der Waals surface area contributed by atoms with Gasteiger partial charge in [0.15, 0.2) is 6.61 Å². The third-order valence-electron chi connectivity index (χ3n) is 4.82. The summed E-state index contributed by atoms with van der Waals surface area (Å²) in [6, 6.07) is 12.0. The Labute approximate surface area is 197 Å². The molecular formula is C22H17ClN6O5. The number of carbonyl (C=O) groups is 1. The van der Waals surface area contributed by atoms with Crippen LogP contribution < -0.4 is 26.1 Å². The molecule has 0 bridgehead atoms. The van der Waals surface area contributed by atoms with Crippen molar-refractivity contribution in [3.63, 3.8) is 0 Å². The van der Waals surface area contributed by atoms with E-state index in [0.29, 0.717) is 38.5 Å². The van der Waals surface area contributed by atoms with Crippen molar-refractivity contribution in [1.82, 2.24) is 15.1 Å². The molecule has 2 aromatic heterocycles. The van der Waals surface area contributed by atoms with E-state index in [-0.39, 0.29) is 36.2 Å². The maximum absolute atomic E-state index is 12.6. The number of anilines is 1. The summed E-state index contributed by atoms with van der Waals surface area (Å²) in [4.78, 5) is 30.3. The molecule has 4 N–H and O–H groups in total. The van der Waals surface area contributed by atoms with Crippen molar-refractivity contribution in [3.8, 4) is 17.6 Å². The molecule has 2 aromatic carbocycles. The quantitative estimate of drug-likeness (QED) is 0.343. The summed E-state index contributed by atoms with van der Waals surface area (Å²) in [6.45, 7) is 0.0847. The topological polar surface area (TPSA) is 169 Å². The Balaban J connectivity index is 1.51. The molecule has 1 amide bonds. The van der Waals surface area contributed by atoms with Crippen molar-refractivity contribution >= 4 is 34.1 Å². The Bertz CT molecular complexity index is 1490. The molecule has 0 saturated carbocycles. The first kappa shape index (κ1) is 22.6. The molecule has 2 heterocycles. The van der Waals surface area contributed by atoms with E-state index >= 15 is 0 Å². The highest BCUT2D eigenvalue weighted by molar-refractivity contribution is 6.32. The molecule has 0 saturated heterocycles. The number of H-pyrrole nitrogens is 1. The van der Waals surface area contributed by atoms with Crippen molar-refractivity contribution in [2.75, 3.05) is 12.4 Å². The summed E-state index contributed by atoms with van der Waals surface area (Å²) in [5, 5.41) is 16.7. The lowest BCUT2D eigenvalue weighted by molar-refractivity contribution is 0.0987. The van der Waals surface area contributed by atoms with Crippen LogP contribution in [0.4, 0.5) is 5.69 Å². The Morgan fingerprint density at radius 1 is 1.29 bits per heavy atom. The van der Waals surface area contributed by atoms with Crippen molar-refractivity contribution < 1.29 is 18.8 Å². The maximum Gasteiger partial charge on any atom is 0.290 e. The van der Waals surface area contributed by atoms with Gasteiger partial charge in [-0.1, -0.05) is 16.8 Å². The van der Waals surface area contributed by atoms with Crippen LogP contribution in [-0.4, -0.2) is 28.1 Å². The third kappa shape index (κ3) is 4.77. The lowest BCUT2D eigenvalue weighted by Gasteiger charge is -2.11. The monoisotopic (exact) mass is 480 g/mol. The van der Waals surface area contributed by atoms with Crippen LogP contribution in [0.25, 0.3) is 10.9 Å². The predicted molar refractivity (Wildman–Crippen MR) is 122 cm³/mol. The minimum absolute atomic E-state index is 0.0410. The van der Waals surface area contributed by atoms with Crippen LogP contribution in [0.15, 0.2) is 45.7 Å². The first-order chi connectivity index (χ1) is 16.4. The first-order valence-electron chi connectivity index (χ1n) is 9.80. The van der Waals surface area contributed by atoms with Crippen LogP contribution in [0, 0.1) is 11.3 Å². The number of nitrogens with two attached hydrogens (primary N) is 1. The van der Waals surface area contributed by atoms with E-state index in [4.69, 9.17) is 36.6 Å². The van der Waals surface area contributed by atoms with Gasteiger partial charge in [-0.2, -0.15) is 10.2 Å². The number of nitrogens with one attached hydrogen (secondary N) is 2. The van der Waals surface area contributed by atoms with E-state index in [1.54, 1.807) is 36.4 Å². The number of halogens is 1. The molecule has 0 aliphatic rings. The van der Waals surface area contributed by atoms with Crippen LogP contribution in [-0.2, 0) is 13.2 Å². The average molecular weight is 481 g/mol. The van der Waals surface area contributed by atoms with E-state index in [1.807, 2.05) is 6.07 Å². The van der Waals surface area contributed by atoms with E-state index < -0.39 is 5.91 Å². The molecule has 11 nitrogen and oxygen atoms in total. The van der Waals surface area contributed by atoms with E-state index in [1.165, 1.54) is 7.11 Å². The minimum atomic E-state index is -0.820. The molecular weight excluding hydrogens is 464 g/mol. The van der Waals surface area contributed by atoms with Gasteiger partial charge in [0.2, 0.25) is 0 Å². The summed E-state index contributed by atoms with van der Waals surface area (Å²) < 4.78 is 15.7. The Kier molecular flexibility index (Phi) is 6.33. The largest absolute Gasteiger partial charge is 0.495 e. The predicted octanol–water partition coefficient (Wildman–Crippen LogP) is 2.73. The highest BCUT2D eigenvalue weighted by Gasteiger charge is 2.14. The zero-order valence-electron chi connectivity index (χ0n) is 17.7. The average Bonchev–Trinajstić information content (AvgIpc) is 3.31. The number of primary amides is 1. The van der Waals surface area contributed by atoms with Crippen LogP contribution in [0.2, 0.25) is 5.02 Å². The Hall–Kier alpha value is -4.56. The second-order valence-corrected chi connectivity index (χ2v) is 7.45. The van der Waals surface area contributed by atoms with Gasteiger partial charge in [-0.15, -0.1) is 0 Å². The zero-order valence-corrected chi connectivity index (χ0v) is 18.5. The number of carbonyl (C=O) groups excluding carboxylic acids is 1. The fourth-order valence-electron chi connectivity index (χ4n) is 3.14. The molecule has 172 valence electrons. The van der Waals surface area contributed by atoms with Crippen molar-refractivity contribution in [3.05, 3.63) is 74.6 Å². The fraction of sp³-hybridized carbons (Fsp3) is 0.136. The fourth-order valence-corrected chi connectivity index (χ4v) is 3.36. The molecule has 0 spiro atoms. The molecule has 0 fully saturated rings. The van der Waals surface area contributed by atoms with Crippen LogP contribution >= 0.6 is 11.6 Å². The van der Waals surface area contributed by atoms with E-state index in [0.717, 1.165) is 0 Å². The third-order valence-corrected chi connectivity index (χ3v) is 5.11. The molecule has 34 heavy (non-hydrogen) atoms. The summed E-state index contributed by atoms with van der Waals surface area (Å²) >= 11 is 6.34. The lowest BCUT2D eigenvalue weighted by Crippen LogP contribution is -2.15. The molecule has 12 heteroatoms. The molecule has 0 unspecified atom stereocenters. The van der Waals surface area contributed by atoms with Gasteiger partial charge in [0.25, 0.3) is 23.2 Å². The molecule has 0 atom stereocenters. The van der Waals surface area contributed by atoms with Gasteiger partial charge in [0, 0.05) is 35.3 Å². The number of aromatic amines is 1. The number of nitriles is 1. The standard InChI is InChI=1S/C22H17ClN6O5/c1-32-17-6-14(3-2-11(17)8-24)26-9-13-4-12-5-15(23)18(7-16(12)27-22(13)31)33-10-19-28-21(20(25)30)29-34-19/h2-7,26H,9-10H2,1H3,(H2,25,30)(H,27,31). The van der Waals surface area contributed by atoms with Crippen molar-refractivity contribution in [2.24, 2.45) is 5.73 Å². The van der Waals surface area contributed by atoms with Gasteiger partial charge >= 0.3 is 0 Å². The van der Waals surface area contributed by atoms with Crippen molar-refractivity contribution in [1.29, 1.82) is 5.26 Å². The second-order valence-electron chi connectivity index (χ2n) is 7.04. The van der Waals surface area contributed by atoms with Gasteiger partial charge in [0.1, 0.15) is 17.6 Å². The maximum atomic E-state index is 12.6. The van der Waals surface area contributed by atoms with Crippen LogP contribution in [0.1, 0.15) is 27.6 Å². The molecule has 4 rings (SSSR count). The number of hydrogen-bond acceptors (Lipinski definition) is 9. The van der Waals surface area contributed by atoms with Gasteiger partial charge in [-0.3, -0.25) is 9.59 Å². The zero-order chi connectivity index (χ0) is 24.2. The number of benzene rings is 2. The highest BCUT2D eigenvalue weighted by Crippen LogP contribution is 2.30. The van der Waals surface area contributed by atoms with Crippen LogP contribution in [0.5, 0.6) is 11.5 Å². The molecule has 0 radical (unpaired) electrons. The van der Waals surface area contributed by atoms with Gasteiger partial charge in [-0.05, 0) is 24.3 Å². The molecule has 0 aliphatic heterocycles. The van der Waals surface area contributed by atoms with E-state index in [9.17, 15) is 9.59 Å². The highest BCUT2D eigenvalue weighted by atomic mass is 35.5. The van der Waals surface area contributed by atoms with Gasteiger partial charge in [-0.25, -0.2) is 0 Å². The van der Waals surface area contributed by atoms with Crippen LogP contribution in [0.3, 0.4) is 0 Å². The number of pyridine rings is 1. The summed E-state index contributed by atoms with van der Waals surface area (Å²) in [5.74, 6) is -0.322. The number of ether oxygens (including phenoxy) is 2. The van der Waals surface area contributed by atoms with Gasteiger partial charge in [0.05, 0.1) is 23.2 Å². The van der Waals surface area contributed by atoms with E-state index in [2.05, 4.69) is 20.4 Å². The summed E-state index contributed by atoms with van der Waals surface area (Å²) in [7, 11) is 1.48. The smallest absolute Gasteiger partial charge is 0.290 e. The summed E-state index contributed by atoms with van der Waals surface area (Å²) in [6.07, 6.45) is 0. The second kappa shape index (κ2) is 9.51. The SMILES string of the molecule is COc1cc(NCc2cc3cc(Cl)c(OCc4nc(C(N)=O)no4)cc3[nH]c2=O)ccc1C#N. The van der Waals surface area contributed by atoms with Gasteiger partial charge < -0.3 is 30.0 Å². The molecule has 4 aromatic rings. The number of methoxy groups -OCH3 is 1. The summed E-state index contributed by atoms with van der Waals surface area (Å²) in [5.41, 5.74) is 6.88. The number of aromatic nitrogens is 3.